The maximum Gasteiger partial charge on any atom is 0.488 e. The fourth-order valence-electron chi connectivity index (χ4n) is 2.25. The first kappa shape index (κ1) is 15.6. The number of ether oxygens (including phenoxy) is 1. The van der Waals surface area contributed by atoms with Gasteiger partial charge < -0.3 is 14.8 Å². The van der Waals surface area contributed by atoms with Gasteiger partial charge in [-0.05, 0) is 35.8 Å². The number of methoxy groups -OCH3 is 1. The fourth-order valence-corrected chi connectivity index (χ4v) is 2.25. The van der Waals surface area contributed by atoms with E-state index in [2.05, 4.69) is 11.0 Å². The number of hydrogen-bond donors (Lipinski definition) is 2. The molecule has 5 heteroatoms. The van der Waals surface area contributed by atoms with Crippen LogP contribution >= 0.6 is 0 Å². The largest absolute Gasteiger partial charge is 0.497 e. The van der Waals surface area contributed by atoms with Gasteiger partial charge in [-0.25, -0.2) is 0 Å². The highest BCUT2D eigenvalue weighted by molar-refractivity contribution is 6.58. The lowest BCUT2D eigenvalue weighted by Crippen LogP contribution is -2.29. The third-order valence-electron chi connectivity index (χ3n) is 3.32. The summed E-state index contributed by atoms with van der Waals surface area (Å²) in [6.07, 6.45) is 0. The van der Waals surface area contributed by atoms with Crippen molar-refractivity contribution in [1.82, 2.24) is 4.90 Å². The predicted molar refractivity (Wildman–Crippen MR) is 84.4 cm³/mol. The molecule has 0 bridgehead atoms. The van der Waals surface area contributed by atoms with Crippen LogP contribution < -0.4 is 10.2 Å². The van der Waals surface area contributed by atoms with Gasteiger partial charge in [0.1, 0.15) is 5.75 Å². The molecule has 0 unspecified atom stereocenters. The van der Waals surface area contributed by atoms with Crippen LogP contribution in [0.2, 0.25) is 0 Å². The molecule has 4 nitrogen and oxygen atoms in total. The highest BCUT2D eigenvalue weighted by Crippen LogP contribution is 2.14. The summed E-state index contributed by atoms with van der Waals surface area (Å²) in [4.78, 5) is 2.19. The average Bonchev–Trinajstić information content (AvgIpc) is 2.47. The zero-order valence-corrected chi connectivity index (χ0v) is 12.4. The molecule has 0 fully saturated rings. The van der Waals surface area contributed by atoms with E-state index >= 15 is 0 Å². The quantitative estimate of drug-likeness (QED) is 0.778. The third kappa shape index (κ3) is 4.60. The van der Waals surface area contributed by atoms with Gasteiger partial charge in [0, 0.05) is 13.1 Å². The van der Waals surface area contributed by atoms with Crippen LogP contribution in [0.25, 0.3) is 0 Å². The molecule has 0 aliphatic rings. The molecule has 0 saturated heterocycles. The van der Waals surface area contributed by atoms with E-state index in [4.69, 9.17) is 14.8 Å². The van der Waals surface area contributed by atoms with Crippen LogP contribution in [0.1, 0.15) is 11.1 Å². The van der Waals surface area contributed by atoms with Gasteiger partial charge in [0.25, 0.3) is 0 Å². The van der Waals surface area contributed by atoms with Gasteiger partial charge in [0.05, 0.1) is 7.11 Å². The Kier molecular flexibility index (Phi) is 5.39. The zero-order chi connectivity index (χ0) is 15.2. The molecule has 0 aliphatic heterocycles. The maximum atomic E-state index is 9.07. The molecule has 0 amide bonds. The van der Waals surface area contributed by atoms with Gasteiger partial charge in [-0.1, -0.05) is 36.4 Å². The molecule has 0 radical (unpaired) electrons. The van der Waals surface area contributed by atoms with Gasteiger partial charge in [-0.2, -0.15) is 0 Å². The molecule has 0 spiro atoms. The Hall–Kier alpha value is -1.82. The van der Waals surface area contributed by atoms with Gasteiger partial charge in [-0.3, -0.25) is 4.90 Å². The Morgan fingerprint density at radius 3 is 2.29 bits per heavy atom. The summed E-state index contributed by atoms with van der Waals surface area (Å²) in [6, 6.07) is 15.3. The minimum atomic E-state index is -1.41. The second-order valence-corrected chi connectivity index (χ2v) is 5.14. The van der Waals surface area contributed by atoms with E-state index in [1.54, 1.807) is 19.2 Å². The molecule has 2 aromatic rings. The summed E-state index contributed by atoms with van der Waals surface area (Å²) in [5.41, 5.74) is 2.83. The summed E-state index contributed by atoms with van der Waals surface area (Å²) >= 11 is 0. The molecule has 2 rings (SSSR count). The van der Waals surface area contributed by atoms with Crippen LogP contribution in [0.5, 0.6) is 5.75 Å². The molecule has 110 valence electrons. The fraction of sp³-hybridized carbons (Fsp3) is 0.250. The molecule has 0 aliphatic carbocycles. The Morgan fingerprint density at radius 1 is 1.00 bits per heavy atom. The van der Waals surface area contributed by atoms with Crippen molar-refractivity contribution in [2.75, 3.05) is 14.2 Å². The van der Waals surface area contributed by atoms with E-state index in [0.717, 1.165) is 24.4 Å². The van der Waals surface area contributed by atoms with Gasteiger partial charge in [0.2, 0.25) is 0 Å². The highest BCUT2D eigenvalue weighted by Gasteiger charge is 2.10. The summed E-state index contributed by atoms with van der Waals surface area (Å²) in [7, 11) is 2.31. The lowest BCUT2D eigenvalue weighted by Gasteiger charge is -2.17. The molecule has 0 heterocycles. The van der Waals surface area contributed by atoms with Crippen molar-refractivity contribution >= 4 is 12.6 Å². The average molecular weight is 285 g/mol. The number of hydrogen-bond acceptors (Lipinski definition) is 4. The van der Waals surface area contributed by atoms with E-state index in [0.29, 0.717) is 5.46 Å². The second-order valence-electron chi connectivity index (χ2n) is 5.14. The first-order valence-corrected chi connectivity index (χ1v) is 6.85. The molecule has 0 aromatic heterocycles. The van der Waals surface area contributed by atoms with Crippen molar-refractivity contribution in [2.24, 2.45) is 0 Å². The van der Waals surface area contributed by atoms with Crippen molar-refractivity contribution in [3.63, 3.8) is 0 Å². The normalized spacial score (nSPS) is 10.7. The van der Waals surface area contributed by atoms with Gasteiger partial charge in [0.15, 0.2) is 0 Å². The van der Waals surface area contributed by atoms with Crippen LogP contribution in [0.15, 0.2) is 48.5 Å². The smallest absolute Gasteiger partial charge is 0.488 e. The lowest BCUT2D eigenvalue weighted by molar-refractivity contribution is 0.318. The number of benzene rings is 2. The van der Waals surface area contributed by atoms with Crippen molar-refractivity contribution in [3.8, 4) is 5.75 Å². The van der Waals surface area contributed by atoms with Crippen molar-refractivity contribution in [2.45, 2.75) is 13.1 Å². The van der Waals surface area contributed by atoms with E-state index < -0.39 is 7.12 Å². The summed E-state index contributed by atoms with van der Waals surface area (Å²) in [5.74, 6) is 0.863. The van der Waals surface area contributed by atoms with Crippen LogP contribution in [0, 0.1) is 0 Å². The van der Waals surface area contributed by atoms with Gasteiger partial charge >= 0.3 is 7.12 Å². The number of rotatable bonds is 6. The van der Waals surface area contributed by atoms with Crippen molar-refractivity contribution in [1.29, 1.82) is 0 Å². The standard InChI is InChI=1S/C16H20BNO3/c1-18(12-14-4-3-5-16(10-14)21-2)11-13-6-8-15(9-7-13)17(19)20/h3-10,19-20H,11-12H2,1-2H3. The van der Waals surface area contributed by atoms with Crippen molar-refractivity contribution in [3.05, 3.63) is 59.7 Å². The van der Waals surface area contributed by atoms with E-state index in [1.165, 1.54) is 5.56 Å². The summed E-state index contributed by atoms with van der Waals surface area (Å²) in [5, 5.41) is 18.1. The molecular weight excluding hydrogens is 265 g/mol. The Labute approximate surface area is 125 Å². The Morgan fingerprint density at radius 2 is 1.67 bits per heavy atom. The minimum Gasteiger partial charge on any atom is -0.497 e. The second kappa shape index (κ2) is 7.27. The maximum absolute atomic E-state index is 9.07. The Balaban J connectivity index is 1.95. The van der Waals surface area contributed by atoms with Crippen LogP contribution in [-0.4, -0.2) is 36.2 Å². The topological polar surface area (TPSA) is 52.9 Å². The summed E-state index contributed by atoms with van der Waals surface area (Å²) < 4.78 is 5.22. The Bertz CT molecular complexity index is 572. The molecule has 2 N–H and O–H groups in total. The first-order valence-electron chi connectivity index (χ1n) is 6.85. The lowest BCUT2D eigenvalue weighted by atomic mass is 9.80. The van der Waals surface area contributed by atoms with E-state index in [9.17, 15) is 0 Å². The van der Waals surface area contributed by atoms with E-state index in [1.807, 2.05) is 37.4 Å². The van der Waals surface area contributed by atoms with Crippen molar-refractivity contribution < 1.29 is 14.8 Å². The molecule has 0 saturated carbocycles. The van der Waals surface area contributed by atoms with Crippen LogP contribution in [-0.2, 0) is 13.1 Å². The van der Waals surface area contributed by atoms with Crippen LogP contribution in [0.4, 0.5) is 0 Å². The summed E-state index contributed by atoms with van der Waals surface area (Å²) in [6.45, 7) is 1.61. The SMILES string of the molecule is COc1cccc(CN(C)Cc2ccc(B(O)O)cc2)c1. The van der Waals surface area contributed by atoms with E-state index in [-0.39, 0.29) is 0 Å². The molecule has 21 heavy (non-hydrogen) atoms. The zero-order valence-electron chi connectivity index (χ0n) is 12.4. The highest BCUT2D eigenvalue weighted by atomic mass is 16.5. The molecule has 2 aromatic carbocycles. The van der Waals surface area contributed by atoms with Crippen LogP contribution in [0.3, 0.4) is 0 Å². The first-order chi connectivity index (χ1) is 10.1. The molecule has 0 atom stereocenters. The number of nitrogens with zero attached hydrogens (tertiary/aromatic N) is 1. The predicted octanol–water partition coefficient (Wildman–Crippen LogP) is 1.01. The monoisotopic (exact) mass is 285 g/mol. The van der Waals surface area contributed by atoms with Gasteiger partial charge in [-0.15, -0.1) is 0 Å². The molecular formula is C16H20BNO3. The third-order valence-corrected chi connectivity index (χ3v) is 3.32. The minimum absolute atomic E-state index is 0.509.